The molecule has 1 aromatic carbocycles. The number of carbonyl (C=O) groups is 1. The average Bonchev–Trinajstić information content (AvgIpc) is 2.08. The second kappa shape index (κ2) is 3.92. The van der Waals surface area contributed by atoms with Crippen LogP contribution in [0.15, 0.2) is 12.1 Å². The predicted molar refractivity (Wildman–Crippen MR) is 48.1 cm³/mol. The number of halogens is 3. The summed E-state index contributed by atoms with van der Waals surface area (Å²) in [6.07, 6.45) is -2.69. The standard InChI is InChI=1S/C9H7ClF2O2/c1-4-2-5(8(11)12)3-6(7(4)10)9(13)14/h2-3,8H,1H3,(H,13,14). The number of carboxylic acid groups (broad SMARTS) is 1. The van der Waals surface area contributed by atoms with E-state index in [0.717, 1.165) is 6.07 Å². The number of aromatic carboxylic acids is 1. The summed E-state index contributed by atoms with van der Waals surface area (Å²) in [5, 5.41) is 8.67. The lowest BCUT2D eigenvalue weighted by Gasteiger charge is -2.06. The van der Waals surface area contributed by atoms with Crippen LogP contribution in [0.5, 0.6) is 0 Å². The van der Waals surface area contributed by atoms with E-state index in [9.17, 15) is 13.6 Å². The SMILES string of the molecule is Cc1cc(C(F)F)cc(C(=O)O)c1Cl. The van der Waals surface area contributed by atoms with Gasteiger partial charge in [-0.15, -0.1) is 0 Å². The van der Waals surface area contributed by atoms with Crippen LogP contribution in [0.3, 0.4) is 0 Å². The average molecular weight is 221 g/mol. The summed E-state index contributed by atoms with van der Waals surface area (Å²) in [6.45, 7) is 1.49. The summed E-state index contributed by atoms with van der Waals surface area (Å²) in [4.78, 5) is 10.6. The van der Waals surface area contributed by atoms with Crippen LogP contribution in [0.1, 0.15) is 27.9 Å². The number of carboxylic acids is 1. The Balaban J connectivity index is 3.35. The third kappa shape index (κ3) is 2.01. The molecule has 0 heterocycles. The van der Waals surface area contributed by atoms with E-state index in [0.29, 0.717) is 5.56 Å². The van der Waals surface area contributed by atoms with Crippen LogP contribution >= 0.6 is 11.6 Å². The summed E-state index contributed by atoms with van der Waals surface area (Å²) in [7, 11) is 0. The molecule has 0 saturated carbocycles. The summed E-state index contributed by atoms with van der Waals surface area (Å²) >= 11 is 5.64. The largest absolute Gasteiger partial charge is 0.478 e. The molecule has 0 spiro atoms. The van der Waals surface area contributed by atoms with Crippen molar-refractivity contribution in [3.63, 3.8) is 0 Å². The van der Waals surface area contributed by atoms with E-state index < -0.39 is 12.4 Å². The molecule has 0 aliphatic heterocycles. The molecule has 2 nitrogen and oxygen atoms in total. The van der Waals surface area contributed by atoms with E-state index in [-0.39, 0.29) is 16.1 Å². The molecule has 14 heavy (non-hydrogen) atoms. The molecule has 1 aromatic rings. The van der Waals surface area contributed by atoms with E-state index in [1.54, 1.807) is 0 Å². The van der Waals surface area contributed by atoms with Crippen molar-refractivity contribution in [2.75, 3.05) is 0 Å². The zero-order valence-corrected chi connectivity index (χ0v) is 7.98. The lowest BCUT2D eigenvalue weighted by atomic mass is 10.1. The van der Waals surface area contributed by atoms with Crippen LogP contribution in [0, 0.1) is 6.92 Å². The second-order valence-electron chi connectivity index (χ2n) is 2.81. The molecule has 0 aromatic heterocycles. The third-order valence-corrected chi connectivity index (χ3v) is 2.26. The van der Waals surface area contributed by atoms with Crippen molar-refractivity contribution in [2.24, 2.45) is 0 Å². The van der Waals surface area contributed by atoms with Crippen molar-refractivity contribution in [3.05, 3.63) is 33.8 Å². The molecule has 5 heteroatoms. The zero-order valence-electron chi connectivity index (χ0n) is 7.22. The quantitative estimate of drug-likeness (QED) is 0.831. The number of hydrogen-bond acceptors (Lipinski definition) is 1. The molecular weight excluding hydrogens is 214 g/mol. The molecule has 0 fully saturated rings. The fourth-order valence-corrected chi connectivity index (χ4v) is 1.27. The molecule has 0 radical (unpaired) electrons. The monoisotopic (exact) mass is 220 g/mol. The molecule has 0 amide bonds. The number of rotatable bonds is 2. The first-order chi connectivity index (χ1) is 6.43. The highest BCUT2D eigenvalue weighted by Gasteiger charge is 2.16. The van der Waals surface area contributed by atoms with Crippen LogP contribution in [0.2, 0.25) is 5.02 Å². The maximum absolute atomic E-state index is 12.3. The molecule has 1 rings (SSSR count). The number of benzene rings is 1. The summed E-state index contributed by atoms with van der Waals surface area (Å²) in [6, 6.07) is 2.07. The molecule has 0 bridgehead atoms. The van der Waals surface area contributed by atoms with E-state index in [1.165, 1.54) is 13.0 Å². The molecule has 1 N–H and O–H groups in total. The van der Waals surface area contributed by atoms with Gasteiger partial charge in [0.1, 0.15) is 0 Å². The Labute approximate surface area is 84.1 Å². The van der Waals surface area contributed by atoms with Crippen molar-refractivity contribution in [1.82, 2.24) is 0 Å². The minimum atomic E-state index is -2.69. The highest BCUT2D eigenvalue weighted by molar-refractivity contribution is 6.34. The van der Waals surface area contributed by atoms with Gasteiger partial charge in [-0.05, 0) is 24.6 Å². The van der Waals surface area contributed by atoms with Crippen molar-refractivity contribution >= 4 is 17.6 Å². The normalized spacial score (nSPS) is 10.6. The van der Waals surface area contributed by atoms with Gasteiger partial charge in [0.2, 0.25) is 0 Å². The maximum atomic E-state index is 12.3. The first-order valence-electron chi connectivity index (χ1n) is 3.75. The number of aryl methyl sites for hydroxylation is 1. The fraction of sp³-hybridized carbons (Fsp3) is 0.222. The lowest BCUT2D eigenvalue weighted by Crippen LogP contribution is -2.01. The summed E-state index contributed by atoms with van der Waals surface area (Å²) in [5.74, 6) is -1.30. The van der Waals surface area contributed by atoms with Gasteiger partial charge in [0.15, 0.2) is 0 Å². The summed E-state index contributed by atoms with van der Waals surface area (Å²) < 4.78 is 24.6. The van der Waals surface area contributed by atoms with Gasteiger partial charge in [0.25, 0.3) is 6.43 Å². The Hall–Kier alpha value is -1.16. The Morgan fingerprint density at radius 1 is 1.50 bits per heavy atom. The first-order valence-corrected chi connectivity index (χ1v) is 4.12. The van der Waals surface area contributed by atoms with Crippen molar-refractivity contribution in [1.29, 1.82) is 0 Å². The van der Waals surface area contributed by atoms with Crippen molar-refractivity contribution in [2.45, 2.75) is 13.3 Å². The van der Waals surface area contributed by atoms with Gasteiger partial charge in [-0.2, -0.15) is 0 Å². The van der Waals surface area contributed by atoms with Crippen molar-refractivity contribution < 1.29 is 18.7 Å². The van der Waals surface area contributed by atoms with Crippen LogP contribution in [0.4, 0.5) is 8.78 Å². The maximum Gasteiger partial charge on any atom is 0.337 e. The van der Waals surface area contributed by atoms with E-state index in [1.807, 2.05) is 0 Å². The highest BCUT2D eigenvalue weighted by atomic mass is 35.5. The first kappa shape index (κ1) is 10.9. The van der Waals surface area contributed by atoms with Gasteiger partial charge in [0, 0.05) is 5.56 Å². The lowest BCUT2D eigenvalue weighted by molar-refractivity contribution is 0.0696. The molecule has 0 aliphatic carbocycles. The van der Waals surface area contributed by atoms with Crippen LogP contribution in [-0.2, 0) is 0 Å². The zero-order chi connectivity index (χ0) is 10.9. The Bertz CT molecular complexity index is 377. The molecular formula is C9H7ClF2O2. The van der Waals surface area contributed by atoms with Gasteiger partial charge in [-0.3, -0.25) is 0 Å². The Kier molecular flexibility index (Phi) is 3.06. The van der Waals surface area contributed by atoms with Crippen LogP contribution in [-0.4, -0.2) is 11.1 Å². The van der Waals surface area contributed by atoms with E-state index >= 15 is 0 Å². The van der Waals surface area contributed by atoms with Crippen LogP contribution < -0.4 is 0 Å². The van der Waals surface area contributed by atoms with Crippen molar-refractivity contribution in [3.8, 4) is 0 Å². The highest BCUT2D eigenvalue weighted by Crippen LogP contribution is 2.27. The minimum absolute atomic E-state index is 0.00176. The smallest absolute Gasteiger partial charge is 0.337 e. The predicted octanol–water partition coefficient (Wildman–Crippen LogP) is 3.28. The molecule has 0 aliphatic rings. The topological polar surface area (TPSA) is 37.3 Å². The van der Waals surface area contributed by atoms with E-state index in [2.05, 4.69) is 0 Å². The molecule has 0 saturated heterocycles. The van der Waals surface area contributed by atoms with Gasteiger partial charge in [0.05, 0.1) is 10.6 Å². The third-order valence-electron chi connectivity index (χ3n) is 1.76. The number of hydrogen-bond donors (Lipinski definition) is 1. The minimum Gasteiger partial charge on any atom is -0.478 e. The molecule has 0 atom stereocenters. The van der Waals surface area contributed by atoms with Gasteiger partial charge in [-0.1, -0.05) is 11.6 Å². The number of alkyl halides is 2. The van der Waals surface area contributed by atoms with Gasteiger partial charge < -0.3 is 5.11 Å². The molecule has 76 valence electrons. The fourth-order valence-electron chi connectivity index (χ4n) is 1.08. The van der Waals surface area contributed by atoms with Gasteiger partial charge in [-0.25, -0.2) is 13.6 Å². The Morgan fingerprint density at radius 2 is 2.07 bits per heavy atom. The van der Waals surface area contributed by atoms with Crippen LogP contribution in [0.25, 0.3) is 0 Å². The van der Waals surface area contributed by atoms with Gasteiger partial charge >= 0.3 is 5.97 Å². The van der Waals surface area contributed by atoms with E-state index in [4.69, 9.17) is 16.7 Å². The second-order valence-corrected chi connectivity index (χ2v) is 3.18. The summed E-state index contributed by atoms with van der Waals surface area (Å²) in [5.41, 5.74) is -0.284. The molecule has 0 unspecified atom stereocenters. The Morgan fingerprint density at radius 3 is 2.50 bits per heavy atom.